The van der Waals surface area contributed by atoms with Gasteiger partial charge in [-0.3, -0.25) is 4.90 Å². The van der Waals surface area contributed by atoms with Crippen molar-refractivity contribution in [3.63, 3.8) is 0 Å². The van der Waals surface area contributed by atoms with Crippen LogP contribution in [0.15, 0.2) is 29.4 Å². The fourth-order valence-corrected chi connectivity index (χ4v) is 3.03. The molecule has 0 aromatic heterocycles. The van der Waals surface area contributed by atoms with Crippen molar-refractivity contribution in [2.75, 3.05) is 6.54 Å². The number of hydrogen-bond acceptors (Lipinski definition) is 3. The third kappa shape index (κ3) is 3.73. The average Bonchev–Trinajstić information content (AvgIpc) is 2.71. The molecule has 1 aliphatic rings. The van der Waals surface area contributed by atoms with Crippen LogP contribution in [0.25, 0.3) is 0 Å². The van der Waals surface area contributed by atoms with Gasteiger partial charge >= 0.3 is 0 Å². The highest BCUT2D eigenvalue weighted by atomic mass is 16.4. The van der Waals surface area contributed by atoms with E-state index >= 15 is 0 Å². The van der Waals surface area contributed by atoms with Crippen LogP contribution in [0, 0.1) is 0 Å². The number of benzene rings is 1. The summed E-state index contributed by atoms with van der Waals surface area (Å²) in [5.74, 6) is 0.176. The highest BCUT2D eigenvalue weighted by Crippen LogP contribution is 2.21. The lowest BCUT2D eigenvalue weighted by molar-refractivity contribution is 0.186. The van der Waals surface area contributed by atoms with Gasteiger partial charge in [0.15, 0.2) is 5.84 Å². The number of hydrogen-bond donors (Lipinski definition) is 2. The molecule has 0 amide bonds. The number of amidine groups is 1. The highest BCUT2D eigenvalue weighted by molar-refractivity contribution is 5.97. The Kier molecular flexibility index (Phi) is 5.41. The van der Waals surface area contributed by atoms with Crippen molar-refractivity contribution < 1.29 is 5.21 Å². The third-order valence-corrected chi connectivity index (χ3v) is 4.19. The van der Waals surface area contributed by atoms with Gasteiger partial charge < -0.3 is 10.9 Å². The van der Waals surface area contributed by atoms with Gasteiger partial charge in [0.1, 0.15) is 0 Å². The number of nitrogens with zero attached hydrogens (tertiary/aromatic N) is 2. The summed E-state index contributed by atoms with van der Waals surface area (Å²) in [6.07, 6.45) is 6.49. The molecule has 2 rings (SSSR count). The van der Waals surface area contributed by atoms with Crippen LogP contribution >= 0.6 is 0 Å². The van der Waals surface area contributed by atoms with Gasteiger partial charge in [0.25, 0.3) is 0 Å². The zero-order valence-electron chi connectivity index (χ0n) is 12.3. The SMILES string of the molecule is CCC1CCCCCN1Cc1cccc(/C(N)=N/O)c1. The molecular weight excluding hydrogens is 250 g/mol. The van der Waals surface area contributed by atoms with Gasteiger partial charge in [-0.15, -0.1) is 0 Å². The van der Waals surface area contributed by atoms with E-state index in [2.05, 4.69) is 23.0 Å². The van der Waals surface area contributed by atoms with E-state index in [1.165, 1.54) is 44.2 Å². The maximum atomic E-state index is 8.77. The summed E-state index contributed by atoms with van der Waals surface area (Å²) in [6, 6.07) is 8.67. The number of nitrogens with two attached hydrogens (primary N) is 1. The Morgan fingerprint density at radius 1 is 1.40 bits per heavy atom. The normalized spacial score (nSPS) is 21.6. The monoisotopic (exact) mass is 275 g/mol. The fourth-order valence-electron chi connectivity index (χ4n) is 3.03. The molecule has 1 aromatic carbocycles. The summed E-state index contributed by atoms with van der Waals surface area (Å²) in [5, 5.41) is 11.8. The van der Waals surface area contributed by atoms with Crippen LogP contribution in [-0.2, 0) is 6.54 Å². The average molecular weight is 275 g/mol. The molecule has 110 valence electrons. The molecule has 1 aliphatic heterocycles. The van der Waals surface area contributed by atoms with Crippen LogP contribution in [0.5, 0.6) is 0 Å². The summed E-state index contributed by atoms with van der Waals surface area (Å²) in [7, 11) is 0. The molecule has 1 heterocycles. The molecule has 0 aliphatic carbocycles. The zero-order chi connectivity index (χ0) is 14.4. The molecule has 1 atom stereocenters. The molecule has 0 bridgehead atoms. The lowest BCUT2D eigenvalue weighted by Crippen LogP contribution is -2.33. The molecule has 20 heavy (non-hydrogen) atoms. The van der Waals surface area contributed by atoms with Gasteiger partial charge in [0, 0.05) is 18.2 Å². The van der Waals surface area contributed by atoms with Crippen molar-refractivity contribution in [1.82, 2.24) is 4.90 Å². The largest absolute Gasteiger partial charge is 0.409 e. The van der Waals surface area contributed by atoms with E-state index < -0.39 is 0 Å². The molecule has 3 N–H and O–H groups in total. The Morgan fingerprint density at radius 3 is 3.00 bits per heavy atom. The van der Waals surface area contributed by atoms with Crippen LogP contribution in [0.4, 0.5) is 0 Å². The Hall–Kier alpha value is -1.55. The van der Waals surface area contributed by atoms with Crippen LogP contribution in [-0.4, -0.2) is 28.5 Å². The Morgan fingerprint density at radius 2 is 2.25 bits per heavy atom. The van der Waals surface area contributed by atoms with E-state index in [9.17, 15) is 0 Å². The van der Waals surface area contributed by atoms with Gasteiger partial charge in [-0.05, 0) is 37.4 Å². The van der Waals surface area contributed by atoms with Crippen molar-refractivity contribution >= 4 is 5.84 Å². The molecule has 0 radical (unpaired) electrons. The Labute approximate surface area is 121 Å². The van der Waals surface area contributed by atoms with Crippen molar-refractivity contribution in [2.45, 2.75) is 51.6 Å². The maximum Gasteiger partial charge on any atom is 0.170 e. The molecule has 4 nitrogen and oxygen atoms in total. The zero-order valence-corrected chi connectivity index (χ0v) is 12.3. The minimum atomic E-state index is 0.176. The lowest BCUT2D eigenvalue weighted by Gasteiger charge is -2.29. The summed E-state index contributed by atoms with van der Waals surface area (Å²) in [6.45, 7) is 4.40. The van der Waals surface area contributed by atoms with Crippen LogP contribution in [0.2, 0.25) is 0 Å². The van der Waals surface area contributed by atoms with Gasteiger partial charge in [0.05, 0.1) is 0 Å². The van der Waals surface area contributed by atoms with E-state index in [1.807, 2.05) is 18.2 Å². The first kappa shape index (κ1) is 14.9. The topological polar surface area (TPSA) is 61.8 Å². The van der Waals surface area contributed by atoms with E-state index in [0.29, 0.717) is 6.04 Å². The predicted octanol–water partition coefficient (Wildman–Crippen LogP) is 2.94. The summed E-state index contributed by atoms with van der Waals surface area (Å²) < 4.78 is 0. The van der Waals surface area contributed by atoms with Gasteiger partial charge in [-0.2, -0.15) is 0 Å². The number of rotatable bonds is 4. The van der Waals surface area contributed by atoms with Crippen LogP contribution in [0.3, 0.4) is 0 Å². The van der Waals surface area contributed by atoms with Crippen molar-refractivity contribution in [3.05, 3.63) is 35.4 Å². The Bertz CT molecular complexity index is 459. The van der Waals surface area contributed by atoms with E-state index in [4.69, 9.17) is 10.9 Å². The van der Waals surface area contributed by atoms with E-state index in [0.717, 1.165) is 12.1 Å². The third-order valence-electron chi connectivity index (χ3n) is 4.19. The van der Waals surface area contributed by atoms with Crippen molar-refractivity contribution in [3.8, 4) is 0 Å². The van der Waals surface area contributed by atoms with E-state index in [1.54, 1.807) is 0 Å². The second kappa shape index (κ2) is 7.29. The second-order valence-electron chi connectivity index (χ2n) is 5.57. The van der Waals surface area contributed by atoms with Gasteiger partial charge in [-0.1, -0.05) is 43.1 Å². The molecule has 0 spiro atoms. The van der Waals surface area contributed by atoms with Gasteiger partial charge in [0.2, 0.25) is 0 Å². The fraction of sp³-hybridized carbons (Fsp3) is 0.562. The lowest BCUT2D eigenvalue weighted by atomic mass is 10.1. The summed E-state index contributed by atoms with van der Waals surface area (Å²) in [4.78, 5) is 2.58. The first-order chi connectivity index (χ1) is 9.74. The molecular formula is C16H25N3O. The highest BCUT2D eigenvalue weighted by Gasteiger charge is 2.19. The molecule has 0 saturated carbocycles. The van der Waals surface area contributed by atoms with Crippen molar-refractivity contribution in [1.29, 1.82) is 0 Å². The number of likely N-dealkylation sites (tertiary alicyclic amines) is 1. The smallest absolute Gasteiger partial charge is 0.170 e. The molecule has 4 heteroatoms. The minimum Gasteiger partial charge on any atom is -0.409 e. The first-order valence-corrected chi connectivity index (χ1v) is 7.55. The van der Waals surface area contributed by atoms with Gasteiger partial charge in [-0.25, -0.2) is 0 Å². The predicted molar refractivity (Wildman–Crippen MR) is 81.9 cm³/mol. The molecule has 1 aromatic rings. The van der Waals surface area contributed by atoms with Crippen LogP contribution < -0.4 is 5.73 Å². The van der Waals surface area contributed by atoms with E-state index in [-0.39, 0.29) is 5.84 Å². The maximum absolute atomic E-state index is 8.77. The first-order valence-electron chi connectivity index (χ1n) is 7.55. The van der Waals surface area contributed by atoms with Crippen LogP contribution in [0.1, 0.15) is 50.2 Å². The second-order valence-corrected chi connectivity index (χ2v) is 5.57. The Balaban J connectivity index is 2.11. The summed E-state index contributed by atoms with van der Waals surface area (Å²) in [5.41, 5.74) is 7.68. The molecule has 1 unspecified atom stereocenters. The standard InChI is InChI=1S/C16H25N3O/c1-2-15-9-4-3-5-10-19(15)12-13-7-6-8-14(11-13)16(17)18-20/h6-8,11,15,20H,2-5,9-10,12H2,1H3,(H2,17,18). The van der Waals surface area contributed by atoms with Crippen molar-refractivity contribution in [2.24, 2.45) is 10.9 Å². The molecule has 1 saturated heterocycles. The molecule has 1 fully saturated rings. The summed E-state index contributed by atoms with van der Waals surface area (Å²) >= 11 is 0. The quantitative estimate of drug-likeness (QED) is 0.384. The minimum absolute atomic E-state index is 0.176. The number of oxime groups is 1.